The Balaban J connectivity index is 0.00000133. The fraction of sp³-hybridized carbons (Fsp3) is 0.462. The van der Waals surface area contributed by atoms with Crippen molar-refractivity contribution in [2.45, 2.75) is 13.0 Å². The summed E-state index contributed by atoms with van der Waals surface area (Å²) in [7, 11) is 0. The van der Waals surface area contributed by atoms with E-state index in [0.29, 0.717) is 5.92 Å². The molecule has 1 fully saturated rings. The zero-order valence-electron chi connectivity index (χ0n) is 10.5. The van der Waals surface area contributed by atoms with Crippen molar-refractivity contribution < 1.29 is 4.39 Å². The van der Waals surface area contributed by atoms with Crippen molar-refractivity contribution in [1.82, 2.24) is 9.88 Å². The monoisotopic (exact) mass is 301 g/mol. The molecule has 1 saturated heterocycles. The number of thiazole rings is 1. The second-order valence-electron chi connectivity index (χ2n) is 4.85. The van der Waals surface area contributed by atoms with Crippen LogP contribution in [0.3, 0.4) is 0 Å². The maximum atomic E-state index is 13.1. The zero-order valence-corrected chi connectivity index (χ0v) is 12.1. The van der Waals surface area contributed by atoms with E-state index in [0.717, 1.165) is 41.4 Å². The largest absolute Gasteiger partial charge is 0.330 e. The fourth-order valence-electron chi connectivity index (χ4n) is 2.45. The molecule has 0 amide bonds. The summed E-state index contributed by atoms with van der Waals surface area (Å²) in [6, 6.07) is 4.77. The number of likely N-dealkylation sites (tertiary alicyclic amines) is 1. The average Bonchev–Trinajstić information content (AvgIpc) is 2.95. The molecule has 1 aromatic heterocycles. The van der Waals surface area contributed by atoms with Crippen LogP contribution < -0.4 is 5.73 Å². The summed E-state index contributed by atoms with van der Waals surface area (Å²) in [5.41, 5.74) is 6.58. The molecule has 3 rings (SSSR count). The normalized spacial score (nSPS) is 19.8. The quantitative estimate of drug-likeness (QED) is 0.947. The molecule has 2 heterocycles. The Morgan fingerprint density at radius 3 is 3.05 bits per heavy atom. The van der Waals surface area contributed by atoms with E-state index in [1.165, 1.54) is 12.5 Å². The van der Waals surface area contributed by atoms with Gasteiger partial charge >= 0.3 is 0 Å². The molecule has 6 heteroatoms. The van der Waals surface area contributed by atoms with Gasteiger partial charge in [0.15, 0.2) is 0 Å². The Bertz CT molecular complexity index is 560. The fourth-order valence-corrected chi connectivity index (χ4v) is 3.49. The lowest BCUT2D eigenvalue weighted by Gasteiger charge is -2.13. The lowest BCUT2D eigenvalue weighted by molar-refractivity contribution is 0.317. The molecule has 1 aliphatic heterocycles. The van der Waals surface area contributed by atoms with E-state index in [2.05, 4.69) is 9.88 Å². The average molecular weight is 302 g/mol. The maximum absolute atomic E-state index is 13.1. The molecular formula is C13H17ClFN3S. The van der Waals surface area contributed by atoms with Gasteiger partial charge in [-0.05, 0) is 43.6 Å². The minimum Gasteiger partial charge on any atom is -0.330 e. The van der Waals surface area contributed by atoms with Crippen LogP contribution in [0.15, 0.2) is 18.2 Å². The van der Waals surface area contributed by atoms with Crippen LogP contribution in [-0.4, -0.2) is 29.5 Å². The number of benzene rings is 1. The van der Waals surface area contributed by atoms with Crippen molar-refractivity contribution in [3.63, 3.8) is 0 Å². The molecule has 2 aromatic rings. The first-order valence-corrected chi connectivity index (χ1v) is 7.03. The molecule has 0 saturated carbocycles. The van der Waals surface area contributed by atoms with Crippen molar-refractivity contribution in [3.8, 4) is 0 Å². The third-order valence-electron chi connectivity index (χ3n) is 3.46. The lowest BCUT2D eigenvalue weighted by atomic mass is 10.1. The van der Waals surface area contributed by atoms with Gasteiger partial charge in [0, 0.05) is 6.54 Å². The van der Waals surface area contributed by atoms with Gasteiger partial charge in [0.05, 0.1) is 16.8 Å². The van der Waals surface area contributed by atoms with Crippen LogP contribution in [0.4, 0.5) is 4.39 Å². The van der Waals surface area contributed by atoms with Gasteiger partial charge in [-0.1, -0.05) is 0 Å². The number of rotatable bonds is 3. The number of halogens is 2. The highest BCUT2D eigenvalue weighted by Gasteiger charge is 2.22. The zero-order chi connectivity index (χ0) is 12.5. The smallest absolute Gasteiger partial charge is 0.124 e. The third-order valence-corrected chi connectivity index (χ3v) is 4.46. The summed E-state index contributed by atoms with van der Waals surface area (Å²) in [4.78, 5) is 6.93. The minimum atomic E-state index is -0.193. The van der Waals surface area contributed by atoms with Gasteiger partial charge in [0.2, 0.25) is 0 Å². The van der Waals surface area contributed by atoms with Crippen molar-refractivity contribution in [1.29, 1.82) is 0 Å². The molecule has 3 nitrogen and oxygen atoms in total. The van der Waals surface area contributed by atoms with Gasteiger partial charge in [-0.15, -0.1) is 23.7 Å². The van der Waals surface area contributed by atoms with E-state index in [-0.39, 0.29) is 18.2 Å². The van der Waals surface area contributed by atoms with E-state index < -0.39 is 0 Å². The minimum absolute atomic E-state index is 0. The highest BCUT2D eigenvalue weighted by molar-refractivity contribution is 7.18. The number of aromatic nitrogens is 1. The summed E-state index contributed by atoms with van der Waals surface area (Å²) in [6.07, 6.45) is 1.18. The van der Waals surface area contributed by atoms with Crippen molar-refractivity contribution in [2.24, 2.45) is 11.7 Å². The Labute approximate surface area is 122 Å². The summed E-state index contributed by atoms with van der Waals surface area (Å²) in [5.74, 6) is 0.430. The van der Waals surface area contributed by atoms with Gasteiger partial charge in [-0.25, -0.2) is 9.37 Å². The Kier molecular flexibility index (Phi) is 4.73. The van der Waals surface area contributed by atoms with Gasteiger partial charge in [0.1, 0.15) is 10.8 Å². The van der Waals surface area contributed by atoms with Crippen molar-refractivity contribution >= 4 is 34.0 Å². The van der Waals surface area contributed by atoms with E-state index >= 15 is 0 Å². The van der Waals surface area contributed by atoms with E-state index in [1.807, 2.05) is 0 Å². The van der Waals surface area contributed by atoms with Crippen molar-refractivity contribution in [3.05, 3.63) is 29.0 Å². The number of hydrogen-bond donors (Lipinski definition) is 1. The maximum Gasteiger partial charge on any atom is 0.124 e. The van der Waals surface area contributed by atoms with E-state index in [1.54, 1.807) is 23.5 Å². The first-order valence-electron chi connectivity index (χ1n) is 6.22. The summed E-state index contributed by atoms with van der Waals surface area (Å²) in [6.45, 7) is 3.77. The molecule has 1 aromatic carbocycles. The predicted octanol–water partition coefficient (Wildman–Crippen LogP) is 2.64. The second kappa shape index (κ2) is 6.13. The molecule has 0 spiro atoms. The number of fused-ring (bicyclic) bond motifs is 1. The van der Waals surface area contributed by atoms with Gasteiger partial charge in [-0.3, -0.25) is 4.90 Å². The molecule has 19 heavy (non-hydrogen) atoms. The van der Waals surface area contributed by atoms with Crippen LogP contribution in [0.1, 0.15) is 11.4 Å². The molecule has 0 aliphatic carbocycles. The van der Waals surface area contributed by atoms with Gasteiger partial charge < -0.3 is 5.73 Å². The van der Waals surface area contributed by atoms with Crippen LogP contribution >= 0.6 is 23.7 Å². The van der Waals surface area contributed by atoms with Gasteiger partial charge in [-0.2, -0.15) is 0 Å². The molecule has 0 radical (unpaired) electrons. The highest BCUT2D eigenvalue weighted by atomic mass is 35.5. The topological polar surface area (TPSA) is 42.1 Å². The standard InChI is InChI=1S/C13H16FN3S.ClH/c14-10-1-2-11-12(5-10)18-13(16-11)8-17-4-3-9(6-15)7-17;/h1-2,5,9H,3-4,6-8,15H2;1H. The number of nitrogens with zero attached hydrogens (tertiary/aromatic N) is 2. The van der Waals surface area contributed by atoms with Crippen molar-refractivity contribution in [2.75, 3.05) is 19.6 Å². The SMILES string of the molecule is Cl.NCC1CCN(Cc2nc3ccc(F)cc3s2)C1. The Hall–Kier alpha value is -0.750. The summed E-state index contributed by atoms with van der Waals surface area (Å²) < 4.78 is 14.0. The first-order chi connectivity index (χ1) is 8.74. The second-order valence-corrected chi connectivity index (χ2v) is 5.96. The third kappa shape index (κ3) is 3.23. The van der Waals surface area contributed by atoms with Crippen LogP contribution in [0, 0.1) is 11.7 Å². The molecule has 2 N–H and O–H groups in total. The van der Waals surface area contributed by atoms with E-state index in [9.17, 15) is 4.39 Å². The molecule has 0 bridgehead atoms. The summed E-state index contributed by atoms with van der Waals surface area (Å²) >= 11 is 1.58. The number of nitrogens with two attached hydrogens (primary N) is 1. The highest BCUT2D eigenvalue weighted by Crippen LogP contribution is 2.25. The Morgan fingerprint density at radius 2 is 2.32 bits per heavy atom. The molecule has 1 unspecified atom stereocenters. The number of hydrogen-bond acceptors (Lipinski definition) is 4. The predicted molar refractivity (Wildman–Crippen MR) is 79.3 cm³/mol. The van der Waals surface area contributed by atoms with Crippen LogP contribution in [0.2, 0.25) is 0 Å². The lowest BCUT2D eigenvalue weighted by Crippen LogP contribution is -2.22. The Morgan fingerprint density at radius 1 is 1.47 bits per heavy atom. The first kappa shape index (κ1) is 14.7. The molecule has 1 atom stereocenters. The van der Waals surface area contributed by atoms with E-state index in [4.69, 9.17) is 5.73 Å². The van der Waals surface area contributed by atoms with Crippen LogP contribution in [0.5, 0.6) is 0 Å². The molecule has 1 aliphatic rings. The van der Waals surface area contributed by atoms with Crippen LogP contribution in [0.25, 0.3) is 10.2 Å². The van der Waals surface area contributed by atoms with Crippen LogP contribution in [-0.2, 0) is 6.54 Å². The molecular weight excluding hydrogens is 285 g/mol. The summed E-state index contributed by atoms with van der Waals surface area (Å²) in [5, 5.41) is 1.06. The van der Waals surface area contributed by atoms with Gasteiger partial charge in [0.25, 0.3) is 0 Å². The molecule has 104 valence electrons.